The zero-order chi connectivity index (χ0) is 12.6. The molecule has 2 heteroatoms. The summed E-state index contributed by atoms with van der Waals surface area (Å²) in [6.45, 7) is 6.81. The number of nitrogens with zero attached hydrogens (tertiary/aromatic N) is 1. The largest absolute Gasteiger partial charge is 0.494 e. The van der Waals surface area contributed by atoms with Crippen molar-refractivity contribution >= 4 is 0 Å². The lowest BCUT2D eigenvalue weighted by Crippen LogP contribution is -2.21. The van der Waals surface area contributed by atoms with Gasteiger partial charge in [-0.15, -0.1) is 0 Å². The summed E-state index contributed by atoms with van der Waals surface area (Å²) in [6, 6.07) is 8.52. The molecule has 1 aromatic carbocycles. The van der Waals surface area contributed by atoms with Crippen molar-refractivity contribution in [3.63, 3.8) is 0 Å². The second-order valence-corrected chi connectivity index (χ2v) is 5.15. The number of aryl methyl sites for hydroxylation is 1. The number of hydrogen-bond acceptors (Lipinski definition) is 2. The summed E-state index contributed by atoms with van der Waals surface area (Å²) in [5.74, 6) is 1.03. The fourth-order valence-corrected chi connectivity index (χ4v) is 2.56. The molecule has 1 aliphatic rings. The highest BCUT2D eigenvalue weighted by Crippen LogP contribution is 2.15. The molecule has 0 amide bonds. The van der Waals surface area contributed by atoms with Crippen LogP contribution in [-0.2, 0) is 6.42 Å². The first-order valence-electron chi connectivity index (χ1n) is 7.32. The third kappa shape index (κ3) is 4.34. The van der Waals surface area contributed by atoms with Crippen LogP contribution in [0.1, 0.15) is 38.2 Å². The Hall–Kier alpha value is -1.02. The Balaban J connectivity index is 1.67. The van der Waals surface area contributed by atoms with E-state index >= 15 is 0 Å². The molecule has 0 radical (unpaired) electrons. The molecular weight excluding hydrogens is 222 g/mol. The minimum Gasteiger partial charge on any atom is -0.494 e. The molecule has 0 aromatic heterocycles. The van der Waals surface area contributed by atoms with E-state index < -0.39 is 0 Å². The highest BCUT2D eigenvalue weighted by molar-refractivity contribution is 5.28. The Kier molecular flexibility index (Phi) is 5.53. The predicted octanol–water partition coefficient (Wildman–Crippen LogP) is 3.50. The molecule has 1 heterocycles. The van der Waals surface area contributed by atoms with Crippen LogP contribution in [0.2, 0.25) is 0 Å². The number of rotatable bonds is 7. The highest BCUT2D eigenvalue weighted by Gasteiger charge is 2.10. The second kappa shape index (κ2) is 7.42. The number of likely N-dealkylation sites (tertiary alicyclic amines) is 1. The van der Waals surface area contributed by atoms with Crippen LogP contribution in [0.5, 0.6) is 5.75 Å². The molecule has 1 aromatic rings. The van der Waals surface area contributed by atoms with E-state index in [9.17, 15) is 0 Å². The van der Waals surface area contributed by atoms with Crippen LogP contribution in [0, 0.1) is 0 Å². The van der Waals surface area contributed by atoms with Gasteiger partial charge in [0.25, 0.3) is 0 Å². The number of hydrogen-bond donors (Lipinski definition) is 0. The standard InChI is InChI=1S/C16H25NO/c1-2-7-15-8-5-9-16(14-15)18-13-6-12-17-10-3-4-11-17/h5,8-9,14H,2-4,6-7,10-13H2,1H3. The highest BCUT2D eigenvalue weighted by atomic mass is 16.5. The fraction of sp³-hybridized carbons (Fsp3) is 0.625. The smallest absolute Gasteiger partial charge is 0.119 e. The van der Waals surface area contributed by atoms with Gasteiger partial charge in [0.1, 0.15) is 5.75 Å². The van der Waals surface area contributed by atoms with Crippen LogP contribution in [0.25, 0.3) is 0 Å². The lowest BCUT2D eigenvalue weighted by Gasteiger charge is -2.14. The summed E-state index contributed by atoms with van der Waals surface area (Å²) in [5, 5.41) is 0. The Bertz CT molecular complexity index is 345. The molecule has 2 nitrogen and oxygen atoms in total. The first kappa shape index (κ1) is 13.4. The van der Waals surface area contributed by atoms with Gasteiger partial charge >= 0.3 is 0 Å². The van der Waals surface area contributed by atoms with E-state index in [4.69, 9.17) is 4.74 Å². The van der Waals surface area contributed by atoms with Crippen molar-refractivity contribution in [1.82, 2.24) is 4.90 Å². The molecule has 18 heavy (non-hydrogen) atoms. The molecule has 0 N–H and O–H groups in total. The van der Waals surface area contributed by atoms with Crippen LogP contribution in [0.15, 0.2) is 24.3 Å². The quantitative estimate of drug-likeness (QED) is 0.684. The average Bonchev–Trinajstić information content (AvgIpc) is 2.89. The molecule has 1 aliphatic heterocycles. The van der Waals surface area contributed by atoms with Crippen molar-refractivity contribution in [2.45, 2.75) is 39.0 Å². The third-order valence-electron chi connectivity index (χ3n) is 3.52. The molecule has 2 rings (SSSR count). The van der Waals surface area contributed by atoms with Crippen molar-refractivity contribution < 1.29 is 4.74 Å². The average molecular weight is 247 g/mol. The molecule has 0 saturated carbocycles. The van der Waals surface area contributed by atoms with E-state index in [-0.39, 0.29) is 0 Å². The first-order valence-corrected chi connectivity index (χ1v) is 7.32. The molecule has 0 atom stereocenters. The molecule has 0 spiro atoms. The molecule has 0 unspecified atom stereocenters. The molecular formula is C16H25NO. The summed E-state index contributed by atoms with van der Waals surface area (Å²) in [4.78, 5) is 2.54. The van der Waals surface area contributed by atoms with Crippen LogP contribution in [-0.4, -0.2) is 31.1 Å². The maximum absolute atomic E-state index is 5.83. The summed E-state index contributed by atoms with van der Waals surface area (Å²) in [7, 11) is 0. The summed E-state index contributed by atoms with van der Waals surface area (Å²) >= 11 is 0. The Morgan fingerprint density at radius 1 is 1.22 bits per heavy atom. The monoisotopic (exact) mass is 247 g/mol. The maximum Gasteiger partial charge on any atom is 0.119 e. The van der Waals surface area contributed by atoms with Gasteiger partial charge in [0.05, 0.1) is 6.61 Å². The van der Waals surface area contributed by atoms with Crippen LogP contribution >= 0.6 is 0 Å². The van der Waals surface area contributed by atoms with Gasteiger partial charge in [0.2, 0.25) is 0 Å². The Morgan fingerprint density at radius 3 is 2.83 bits per heavy atom. The lowest BCUT2D eigenvalue weighted by molar-refractivity contribution is 0.263. The first-order chi connectivity index (χ1) is 8.88. The van der Waals surface area contributed by atoms with Gasteiger partial charge in [0, 0.05) is 6.54 Å². The summed E-state index contributed by atoms with van der Waals surface area (Å²) in [5.41, 5.74) is 1.38. The van der Waals surface area contributed by atoms with Crippen molar-refractivity contribution in [3.8, 4) is 5.75 Å². The van der Waals surface area contributed by atoms with Gasteiger partial charge in [-0.05, 0) is 56.5 Å². The van der Waals surface area contributed by atoms with Gasteiger partial charge in [-0.3, -0.25) is 0 Å². The Labute approximate surface area is 111 Å². The molecule has 0 bridgehead atoms. The topological polar surface area (TPSA) is 12.5 Å². The molecule has 1 saturated heterocycles. The van der Waals surface area contributed by atoms with Gasteiger partial charge in [-0.1, -0.05) is 25.5 Å². The SMILES string of the molecule is CCCc1cccc(OCCCN2CCCC2)c1. The van der Waals surface area contributed by atoms with E-state index in [1.54, 1.807) is 0 Å². The van der Waals surface area contributed by atoms with E-state index in [0.29, 0.717) is 0 Å². The van der Waals surface area contributed by atoms with Gasteiger partial charge < -0.3 is 9.64 Å². The second-order valence-electron chi connectivity index (χ2n) is 5.15. The predicted molar refractivity (Wildman–Crippen MR) is 76.2 cm³/mol. The van der Waals surface area contributed by atoms with Crippen LogP contribution in [0.4, 0.5) is 0 Å². The third-order valence-corrected chi connectivity index (χ3v) is 3.52. The summed E-state index contributed by atoms with van der Waals surface area (Å²) < 4.78 is 5.83. The van der Waals surface area contributed by atoms with Crippen molar-refractivity contribution in [2.24, 2.45) is 0 Å². The molecule has 100 valence electrons. The zero-order valence-electron chi connectivity index (χ0n) is 11.5. The molecule has 1 fully saturated rings. The Morgan fingerprint density at radius 2 is 2.06 bits per heavy atom. The van der Waals surface area contributed by atoms with Crippen molar-refractivity contribution in [2.75, 3.05) is 26.2 Å². The summed E-state index contributed by atoms with van der Waals surface area (Å²) in [6.07, 6.45) is 6.22. The van der Waals surface area contributed by atoms with Crippen LogP contribution < -0.4 is 4.74 Å². The maximum atomic E-state index is 5.83. The van der Waals surface area contributed by atoms with E-state index in [2.05, 4.69) is 36.1 Å². The van der Waals surface area contributed by atoms with E-state index in [1.165, 1.54) is 44.5 Å². The fourth-order valence-electron chi connectivity index (χ4n) is 2.56. The van der Waals surface area contributed by atoms with Gasteiger partial charge in [-0.2, -0.15) is 0 Å². The number of benzene rings is 1. The normalized spacial score (nSPS) is 16.1. The van der Waals surface area contributed by atoms with Gasteiger partial charge in [0.15, 0.2) is 0 Å². The minimum atomic E-state index is 0.839. The van der Waals surface area contributed by atoms with Crippen molar-refractivity contribution in [3.05, 3.63) is 29.8 Å². The van der Waals surface area contributed by atoms with E-state index in [1.807, 2.05) is 0 Å². The van der Waals surface area contributed by atoms with Crippen LogP contribution in [0.3, 0.4) is 0 Å². The van der Waals surface area contributed by atoms with Crippen molar-refractivity contribution in [1.29, 1.82) is 0 Å². The lowest BCUT2D eigenvalue weighted by atomic mass is 10.1. The molecule has 0 aliphatic carbocycles. The zero-order valence-corrected chi connectivity index (χ0v) is 11.5. The minimum absolute atomic E-state index is 0.839. The van der Waals surface area contributed by atoms with Gasteiger partial charge in [-0.25, -0.2) is 0 Å². The number of ether oxygens (including phenoxy) is 1. The van der Waals surface area contributed by atoms with E-state index in [0.717, 1.165) is 25.2 Å².